The maximum Gasteiger partial charge on any atom is 0.264 e. The van der Waals surface area contributed by atoms with E-state index in [1.165, 1.54) is 36.4 Å². The molecule has 0 saturated carbocycles. The maximum atomic E-state index is 13.5. The minimum absolute atomic E-state index is 0.0112. The largest absolute Gasteiger partial charge is 0.325 e. The van der Waals surface area contributed by atoms with Gasteiger partial charge in [-0.1, -0.05) is 57.9 Å². The molecule has 0 saturated heterocycles. The molecule has 0 aromatic heterocycles. The van der Waals surface area contributed by atoms with E-state index in [0.29, 0.717) is 21.5 Å². The van der Waals surface area contributed by atoms with Crippen molar-refractivity contribution in [2.45, 2.75) is 16.7 Å². The molecular weight excluding hydrogens is 590 g/mol. The molecule has 0 aliphatic heterocycles. The fourth-order valence-corrected chi connectivity index (χ4v) is 6.41. The van der Waals surface area contributed by atoms with Crippen molar-refractivity contribution in [3.05, 3.63) is 113 Å². The van der Waals surface area contributed by atoms with Gasteiger partial charge in [0.15, 0.2) is 0 Å². The number of carbonyl (C=O) groups is 1. The summed E-state index contributed by atoms with van der Waals surface area (Å²) in [5, 5.41) is 2.65. The van der Waals surface area contributed by atoms with Gasteiger partial charge in [-0.3, -0.25) is 13.8 Å². The summed E-state index contributed by atoms with van der Waals surface area (Å²) in [6, 6.07) is 27.1. The lowest BCUT2D eigenvalue weighted by atomic mass is 10.2. The number of carbonyl (C=O) groups excluding carboxylic acids is 1. The molecular formula is C27H24BrN3O5S2. The van der Waals surface area contributed by atoms with Crippen LogP contribution in [0.2, 0.25) is 0 Å². The second kappa shape index (κ2) is 11.4. The van der Waals surface area contributed by atoms with Gasteiger partial charge in [0.1, 0.15) is 6.54 Å². The number of aryl methyl sites for hydroxylation is 1. The third-order valence-corrected chi connectivity index (χ3v) is 9.15. The summed E-state index contributed by atoms with van der Waals surface area (Å²) in [4.78, 5) is 13.0. The Morgan fingerprint density at radius 2 is 1.39 bits per heavy atom. The highest BCUT2D eigenvalue weighted by Crippen LogP contribution is 2.27. The van der Waals surface area contributed by atoms with Crippen LogP contribution in [0.4, 0.5) is 17.1 Å². The fourth-order valence-electron chi connectivity index (χ4n) is 3.55. The van der Waals surface area contributed by atoms with Gasteiger partial charge < -0.3 is 5.32 Å². The number of para-hydroxylation sites is 1. The zero-order valence-electron chi connectivity index (χ0n) is 20.2. The Kier molecular flexibility index (Phi) is 8.20. The van der Waals surface area contributed by atoms with Crippen molar-refractivity contribution in [2.75, 3.05) is 20.9 Å². The number of halogens is 1. The van der Waals surface area contributed by atoms with E-state index >= 15 is 0 Å². The summed E-state index contributed by atoms with van der Waals surface area (Å²) < 4.78 is 56.5. The average molecular weight is 615 g/mol. The minimum atomic E-state index is -4.07. The number of hydrogen-bond acceptors (Lipinski definition) is 5. The van der Waals surface area contributed by atoms with Crippen LogP contribution in [0.15, 0.2) is 117 Å². The van der Waals surface area contributed by atoms with E-state index in [2.05, 4.69) is 26.0 Å². The molecule has 0 unspecified atom stereocenters. The number of rotatable bonds is 9. The standard InChI is InChI=1S/C27H24BrN3O5S2/c1-20-10-14-26(15-11-20)38(35,36)31(24-9-5-6-21(28)18-24)19-27(32)29-22-12-16-25(17-13-22)37(33,34)30-23-7-3-2-4-8-23/h2-18,30H,19H2,1H3,(H,29,32). The Morgan fingerprint density at radius 1 is 0.763 bits per heavy atom. The molecule has 0 atom stereocenters. The van der Waals surface area contributed by atoms with E-state index < -0.39 is 32.5 Å². The third-order valence-electron chi connectivity index (χ3n) is 5.47. The normalized spacial score (nSPS) is 11.5. The van der Waals surface area contributed by atoms with Crippen molar-refractivity contribution in [1.29, 1.82) is 0 Å². The van der Waals surface area contributed by atoms with Gasteiger partial charge in [-0.15, -0.1) is 0 Å². The summed E-state index contributed by atoms with van der Waals surface area (Å²) >= 11 is 3.35. The van der Waals surface area contributed by atoms with Crippen LogP contribution in [0, 0.1) is 6.92 Å². The monoisotopic (exact) mass is 613 g/mol. The van der Waals surface area contributed by atoms with Crippen molar-refractivity contribution >= 4 is 58.9 Å². The highest BCUT2D eigenvalue weighted by atomic mass is 79.9. The van der Waals surface area contributed by atoms with Gasteiger partial charge in [0.25, 0.3) is 20.0 Å². The molecule has 0 bridgehead atoms. The molecule has 38 heavy (non-hydrogen) atoms. The Bertz CT molecular complexity index is 1640. The quantitative estimate of drug-likeness (QED) is 0.263. The van der Waals surface area contributed by atoms with E-state index in [-0.39, 0.29) is 9.79 Å². The first kappa shape index (κ1) is 27.4. The Hall–Kier alpha value is -3.67. The molecule has 0 radical (unpaired) electrons. The summed E-state index contributed by atoms with van der Waals surface area (Å²) in [6.07, 6.45) is 0. The number of benzene rings is 4. The van der Waals surface area contributed by atoms with Crippen molar-refractivity contribution in [3.8, 4) is 0 Å². The Labute approximate surface area is 230 Å². The molecule has 4 aromatic carbocycles. The molecule has 2 N–H and O–H groups in total. The molecule has 0 fully saturated rings. The number of anilines is 3. The van der Waals surface area contributed by atoms with Crippen LogP contribution >= 0.6 is 15.9 Å². The van der Waals surface area contributed by atoms with E-state index in [9.17, 15) is 21.6 Å². The van der Waals surface area contributed by atoms with Gasteiger partial charge in [-0.2, -0.15) is 0 Å². The topological polar surface area (TPSA) is 113 Å². The highest BCUT2D eigenvalue weighted by Gasteiger charge is 2.27. The number of hydrogen-bond donors (Lipinski definition) is 2. The van der Waals surface area contributed by atoms with Crippen LogP contribution in [-0.2, 0) is 24.8 Å². The molecule has 8 nitrogen and oxygen atoms in total. The fraction of sp³-hybridized carbons (Fsp3) is 0.0741. The maximum absolute atomic E-state index is 13.5. The van der Waals surface area contributed by atoms with Gasteiger partial charge in [-0.25, -0.2) is 16.8 Å². The molecule has 4 rings (SSSR count). The van der Waals surface area contributed by atoms with Gasteiger partial charge in [0, 0.05) is 15.8 Å². The van der Waals surface area contributed by atoms with Crippen LogP contribution in [0.5, 0.6) is 0 Å². The van der Waals surface area contributed by atoms with Crippen molar-refractivity contribution in [2.24, 2.45) is 0 Å². The lowest BCUT2D eigenvalue weighted by Crippen LogP contribution is -2.38. The van der Waals surface area contributed by atoms with Crippen LogP contribution in [0.1, 0.15) is 5.56 Å². The first-order valence-corrected chi connectivity index (χ1v) is 15.1. The van der Waals surface area contributed by atoms with Crippen molar-refractivity contribution in [1.82, 2.24) is 0 Å². The number of nitrogens with zero attached hydrogens (tertiary/aromatic N) is 1. The summed E-state index contributed by atoms with van der Waals surface area (Å²) in [5.74, 6) is -0.598. The van der Waals surface area contributed by atoms with Gasteiger partial charge in [-0.05, 0) is 73.7 Å². The lowest BCUT2D eigenvalue weighted by Gasteiger charge is -2.24. The van der Waals surface area contributed by atoms with Crippen LogP contribution < -0.4 is 14.3 Å². The first-order valence-electron chi connectivity index (χ1n) is 11.4. The predicted octanol–water partition coefficient (Wildman–Crippen LogP) is 5.39. The lowest BCUT2D eigenvalue weighted by molar-refractivity contribution is -0.114. The third kappa shape index (κ3) is 6.60. The summed E-state index contributed by atoms with van der Waals surface area (Å²) in [5.41, 5.74) is 1.95. The number of amides is 1. The smallest absolute Gasteiger partial charge is 0.264 e. The zero-order chi connectivity index (χ0) is 27.3. The predicted molar refractivity (Wildman–Crippen MR) is 152 cm³/mol. The zero-order valence-corrected chi connectivity index (χ0v) is 23.4. The second-order valence-corrected chi connectivity index (χ2v) is 12.8. The first-order chi connectivity index (χ1) is 18.0. The van der Waals surface area contributed by atoms with E-state index in [0.717, 1.165) is 9.87 Å². The Balaban J connectivity index is 1.53. The van der Waals surface area contributed by atoms with Crippen LogP contribution in [0.3, 0.4) is 0 Å². The van der Waals surface area contributed by atoms with Gasteiger partial charge in [0.2, 0.25) is 5.91 Å². The molecule has 1 amide bonds. The minimum Gasteiger partial charge on any atom is -0.325 e. The average Bonchev–Trinajstić information content (AvgIpc) is 2.88. The molecule has 0 spiro atoms. The van der Waals surface area contributed by atoms with Crippen molar-refractivity contribution in [3.63, 3.8) is 0 Å². The summed E-state index contributed by atoms with van der Waals surface area (Å²) in [7, 11) is -7.89. The number of sulfonamides is 2. The van der Waals surface area contributed by atoms with E-state index in [1.807, 2.05) is 6.92 Å². The van der Waals surface area contributed by atoms with Gasteiger partial charge >= 0.3 is 0 Å². The van der Waals surface area contributed by atoms with Gasteiger partial charge in [0.05, 0.1) is 15.5 Å². The summed E-state index contributed by atoms with van der Waals surface area (Å²) in [6.45, 7) is 1.35. The number of nitrogens with one attached hydrogen (secondary N) is 2. The van der Waals surface area contributed by atoms with Crippen molar-refractivity contribution < 1.29 is 21.6 Å². The SMILES string of the molecule is Cc1ccc(S(=O)(=O)N(CC(=O)Nc2ccc(S(=O)(=O)Nc3ccccc3)cc2)c2cccc(Br)c2)cc1. The van der Waals surface area contributed by atoms with E-state index in [1.54, 1.807) is 66.7 Å². The van der Waals surface area contributed by atoms with Crippen LogP contribution in [0.25, 0.3) is 0 Å². The van der Waals surface area contributed by atoms with E-state index in [4.69, 9.17) is 0 Å². The molecule has 0 aliphatic rings. The van der Waals surface area contributed by atoms with Crippen LogP contribution in [-0.4, -0.2) is 29.3 Å². The molecule has 11 heteroatoms. The molecule has 196 valence electrons. The molecule has 4 aromatic rings. The Morgan fingerprint density at radius 3 is 2.03 bits per heavy atom. The molecule has 0 heterocycles. The molecule has 0 aliphatic carbocycles. The highest BCUT2D eigenvalue weighted by molar-refractivity contribution is 9.10. The second-order valence-electron chi connectivity index (χ2n) is 8.35.